The molecule has 2 aliphatic rings. The highest BCUT2D eigenvalue weighted by Crippen LogP contribution is 2.57. The molecule has 30 heavy (non-hydrogen) atoms. The SMILES string of the molecule is CC(C)c1ccc2c(c1)CC[C@H]1[C@](C)(CNCCNCc3ccco3)CCC[C@]21C. The van der Waals surface area contributed by atoms with Gasteiger partial charge < -0.3 is 15.1 Å². The molecule has 2 aliphatic carbocycles. The minimum atomic E-state index is 0.329. The number of rotatable bonds is 8. The van der Waals surface area contributed by atoms with Gasteiger partial charge in [0, 0.05) is 19.6 Å². The van der Waals surface area contributed by atoms with Gasteiger partial charge in [-0.3, -0.25) is 0 Å². The van der Waals surface area contributed by atoms with E-state index in [9.17, 15) is 0 Å². The summed E-state index contributed by atoms with van der Waals surface area (Å²) in [5, 5.41) is 7.25. The topological polar surface area (TPSA) is 37.2 Å². The van der Waals surface area contributed by atoms with Crippen LogP contribution in [-0.2, 0) is 18.4 Å². The zero-order chi connectivity index (χ0) is 21.2. The number of furan rings is 1. The lowest BCUT2D eigenvalue weighted by Crippen LogP contribution is -2.53. The third-order valence-electron chi connectivity index (χ3n) is 8.05. The lowest BCUT2D eigenvalue weighted by molar-refractivity contribution is 0.0261. The number of hydrogen-bond donors (Lipinski definition) is 2. The molecule has 0 amide bonds. The first-order valence-corrected chi connectivity index (χ1v) is 12.0. The summed E-state index contributed by atoms with van der Waals surface area (Å²) in [5.41, 5.74) is 5.48. The first-order chi connectivity index (χ1) is 14.4. The molecule has 1 aromatic carbocycles. The predicted molar refractivity (Wildman–Crippen MR) is 125 cm³/mol. The molecule has 1 aromatic heterocycles. The maximum atomic E-state index is 5.39. The largest absolute Gasteiger partial charge is 0.468 e. The van der Waals surface area contributed by atoms with Gasteiger partial charge in [-0.25, -0.2) is 0 Å². The van der Waals surface area contributed by atoms with Gasteiger partial charge in [-0.1, -0.05) is 52.3 Å². The second kappa shape index (κ2) is 8.88. The summed E-state index contributed by atoms with van der Waals surface area (Å²) in [4.78, 5) is 0. The second-order valence-electron chi connectivity index (χ2n) is 10.5. The van der Waals surface area contributed by atoms with Gasteiger partial charge in [0.25, 0.3) is 0 Å². The molecule has 4 rings (SSSR count). The molecule has 1 fully saturated rings. The summed E-state index contributed by atoms with van der Waals surface area (Å²) < 4.78 is 5.39. The molecule has 3 nitrogen and oxygen atoms in total. The lowest BCUT2D eigenvalue weighted by Gasteiger charge is -2.55. The van der Waals surface area contributed by atoms with Gasteiger partial charge in [0.1, 0.15) is 5.76 Å². The van der Waals surface area contributed by atoms with Crippen LogP contribution in [0.4, 0.5) is 0 Å². The van der Waals surface area contributed by atoms with Gasteiger partial charge in [0.15, 0.2) is 0 Å². The average molecular weight is 409 g/mol. The minimum Gasteiger partial charge on any atom is -0.468 e. The molecule has 0 saturated heterocycles. The van der Waals surface area contributed by atoms with Crippen LogP contribution < -0.4 is 10.6 Å². The summed E-state index contributed by atoms with van der Waals surface area (Å²) in [6.07, 6.45) is 8.34. The quantitative estimate of drug-likeness (QED) is 0.543. The summed E-state index contributed by atoms with van der Waals surface area (Å²) in [6.45, 7) is 13.6. The molecule has 0 radical (unpaired) electrons. The summed E-state index contributed by atoms with van der Waals surface area (Å²) in [6, 6.07) is 11.4. The van der Waals surface area contributed by atoms with E-state index in [2.05, 4.69) is 56.5 Å². The van der Waals surface area contributed by atoms with E-state index in [1.54, 1.807) is 17.4 Å². The Morgan fingerprint density at radius 2 is 1.93 bits per heavy atom. The van der Waals surface area contributed by atoms with E-state index in [1.807, 2.05) is 12.1 Å². The van der Waals surface area contributed by atoms with Crippen molar-refractivity contribution in [2.24, 2.45) is 11.3 Å². The van der Waals surface area contributed by atoms with E-state index in [0.29, 0.717) is 16.7 Å². The minimum absolute atomic E-state index is 0.329. The van der Waals surface area contributed by atoms with Crippen molar-refractivity contribution < 1.29 is 4.42 Å². The van der Waals surface area contributed by atoms with Crippen molar-refractivity contribution in [3.8, 4) is 0 Å². The van der Waals surface area contributed by atoms with Gasteiger partial charge in [0.2, 0.25) is 0 Å². The highest BCUT2D eigenvalue weighted by atomic mass is 16.3. The monoisotopic (exact) mass is 408 g/mol. The zero-order valence-electron chi connectivity index (χ0n) is 19.4. The molecule has 0 unspecified atom stereocenters. The van der Waals surface area contributed by atoms with Crippen LogP contribution in [0.5, 0.6) is 0 Å². The average Bonchev–Trinajstić information content (AvgIpc) is 3.23. The van der Waals surface area contributed by atoms with Gasteiger partial charge in [-0.2, -0.15) is 0 Å². The second-order valence-corrected chi connectivity index (χ2v) is 10.5. The number of fused-ring (bicyclic) bond motifs is 3. The summed E-state index contributed by atoms with van der Waals surface area (Å²) in [5.74, 6) is 2.38. The maximum Gasteiger partial charge on any atom is 0.117 e. The van der Waals surface area contributed by atoms with Crippen LogP contribution in [0.25, 0.3) is 0 Å². The van der Waals surface area contributed by atoms with E-state index >= 15 is 0 Å². The van der Waals surface area contributed by atoms with Crippen LogP contribution in [0.15, 0.2) is 41.0 Å². The first kappa shape index (κ1) is 21.6. The smallest absolute Gasteiger partial charge is 0.117 e. The molecule has 0 bridgehead atoms. The summed E-state index contributed by atoms with van der Waals surface area (Å²) >= 11 is 0. The number of aryl methyl sites for hydroxylation is 1. The third-order valence-corrected chi connectivity index (χ3v) is 8.05. The zero-order valence-corrected chi connectivity index (χ0v) is 19.4. The Labute approximate surface area is 183 Å². The fourth-order valence-corrected chi connectivity index (χ4v) is 6.39. The van der Waals surface area contributed by atoms with Crippen molar-refractivity contribution in [3.63, 3.8) is 0 Å². The van der Waals surface area contributed by atoms with Crippen molar-refractivity contribution in [3.05, 3.63) is 59.0 Å². The highest BCUT2D eigenvalue weighted by Gasteiger charge is 2.51. The Hall–Kier alpha value is -1.58. The van der Waals surface area contributed by atoms with Crippen molar-refractivity contribution in [1.82, 2.24) is 10.6 Å². The molecule has 2 aromatic rings. The fourth-order valence-electron chi connectivity index (χ4n) is 6.39. The van der Waals surface area contributed by atoms with Crippen LogP contribution >= 0.6 is 0 Å². The van der Waals surface area contributed by atoms with E-state index in [0.717, 1.165) is 37.9 Å². The normalized spacial score (nSPS) is 28.4. The van der Waals surface area contributed by atoms with Crippen molar-refractivity contribution >= 4 is 0 Å². The fraction of sp³-hybridized carbons (Fsp3) is 0.630. The van der Waals surface area contributed by atoms with Gasteiger partial charge in [-0.05, 0) is 77.2 Å². The maximum absolute atomic E-state index is 5.39. The molecule has 1 heterocycles. The number of benzene rings is 1. The standard InChI is InChI=1S/C27H40N2O/c1-20(2)21-8-10-24-22(17-21)9-11-25-26(3,12-6-13-27(24,25)4)19-29-15-14-28-18-23-7-5-16-30-23/h5,7-8,10,16-17,20,25,28-29H,6,9,11-15,18-19H2,1-4H3/t25-,26-,27+/m0/s1. The van der Waals surface area contributed by atoms with Gasteiger partial charge in [-0.15, -0.1) is 0 Å². The van der Waals surface area contributed by atoms with Gasteiger partial charge >= 0.3 is 0 Å². The van der Waals surface area contributed by atoms with E-state index < -0.39 is 0 Å². The van der Waals surface area contributed by atoms with Crippen LogP contribution in [0.3, 0.4) is 0 Å². The molecule has 0 spiro atoms. The molecular formula is C27H40N2O. The first-order valence-electron chi connectivity index (χ1n) is 12.0. The van der Waals surface area contributed by atoms with E-state index in [4.69, 9.17) is 4.42 Å². The Morgan fingerprint density at radius 3 is 2.70 bits per heavy atom. The molecule has 3 atom stereocenters. The van der Waals surface area contributed by atoms with E-state index in [1.165, 1.54) is 37.7 Å². The molecule has 3 heteroatoms. The van der Waals surface area contributed by atoms with Crippen molar-refractivity contribution in [1.29, 1.82) is 0 Å². The Balaban J connectivity index is 1.38. The predicted octanol–water partition coefficient (Wildman–Crippen LogP) is 5.79. The van der Waals surface area contributed by atoms with Crippen molar-refractivity contribution in [2.75, 3.05) is 19.6 Å². The number of hydrogen-bond acceptors (Lipinski definition) is 3. The van der Waals surface area contributed by atoms with Crippen LogP contribution in [0.2, 0.25) is 0 Å². The lowest BCUT2D eigenvalue weighted by atomic mass is 9.49. The number of nitrogens with one attached hydrogen (secondary N) is 2. The Morgan fingerprint density at radius 1 is 1.10 bits per heavy atom. The molecule has 2 N–H and O–H groups in total. The van der Waals surface area contributed by atoms with E-state index in [-0.39, 0.29) is 0 Å². The highest BCUT2D eigenvalue weighted by molar-refractivity contribution is 5.42. The Bertz CT molecular complexity index is 827. The van der Waals surface area contributed by atoms with Crippen LogP contribution in [0.1, 0.15) is 81.7 Å². The molecule has 0 aliphatic heterocycles. The van der Waals surface area contributed by atoms with Crippen LogP contribution in [0, 0.1) is 11.3 Å². The Kier molecular flexibility index (Phi) is 6.41. The molecular weight excluding hydrogens is 368 g/mol. The third kappa shape index (κ3) is 4.24. The van der Waals surface area contributed by atoms with Crippen molar-refractivity contribution in [2.45, 2.75) is 77.7 Å². The summed E-state index contributed by atoms with van der Waals surface area (Å²) in [7, 11) is 0. The molecule has 1 saturated carbocycles. The molecule has 164 valence electrons. The van der Waals surface area contributed by atoms with Gasteiger partial charge in [0.05, 0.1) is 12.8 Å². The van der Waals surface area contributed by atoms with Crippen LogP contribution in [-0.4, -0.2) is 19.6 Å².